The Balaban J connectivity index is 2.55. The largest absolute Gasteiger partial charge is 0.433 e. The summed E-state index contributed by atoms with van der Waals surface area (Å²) in [4.78, 5) is 15.3. The van der Waals surface area contributed by atoms with Crippen LogP contribution in [0.1, 0.15) is 6.92 Å². The first-order valence-electron chi connectivity index (χ1n) is 6.81. The van der Waals surface area contributed by atoms with E-state index in [4.69, 9.17) is 0 Å². The highest BCUT2D eigenvalue weighted by molar-refractivity contribution is 7.90. The van der Waals surface area contributed by atoms with Gasteiger partial charge in [-0.05, 0) is 24.3 Å². The zero-order valence-electron chi connectivity index (χ0n) is 13.4. The Hall–Kier alpha value is -2.56. The van der Waals surface area contributed by atoms with E-state index in [-0.39, 0.29) is 15.2 Å². The molecule has 136 valence electrons. The molecular formula is C14H14F3N3O4S. The molecule has 0 aliphatic heterocycles. The maximum atomic E-state index is 13.9. The van der Waals surface area contributed by atoms with Crippen LogP contribution in [0, 0.1) is 5.82 Å². The molecule has 0 spiro atoms. The first-order valence-corrected chi connectivity index (χ1v) is 8.25. The molecule has 0 radical (unpaired) electrons. The Morgan fingerprint density at radius 2 is 1.76 bits per heavy atom. The molecule has 0 aliphatic rings. The molecule has 2 aromatic rings. The highest BCUT2D eigenvalue weighted by Gasteiger charge is 2.25. The van der Waals surface area contributed by atoms with E-state index < -0.39 is 32.5 Å². The van der Waals surface area contributed by atoms with Crippen molar-refractivity contribution in [3.8, 4) is 5.75 Å². The Bertz CT molecular complexity index is 1020. The Morgan fingerprint density at radius 3 is 2.24 bits per heavy atom. The molecule has 0 bridgehead atoms. The van der Waals surface area contributed by atoms with Crippen molar-refractivity contribution in [1.82, 2.24) is 8.54 Å². The second kappa shape index (κ2) is 6.39. The standard InChI is InChI=1S/C14H14F3N3O4S/c1-14(16,17)24-9-4-6-10(7-5-9)25(22,23)20-8-11(15)12(18-2)19(3)13(20)21/h4-8H,1-3H3. The lowest BCUT2D eigenvalue weighted by Crippen LogP contribution is -2.42. The van der Waals surface area contributed by atoms with Gasteiger partial charge in [-0.1, -0.05) is 0 Å². The number of rotatable bonds is 4. The number of benzene rings is 1. The Labute approximate surface area is 140 Å². The van der Waals surface area contributed by atoms with E-state index >= 15 is 0 Å². The predicted molar refractivity (Wildman–Crippen MR) is 81.4 cm³/mol. The lowest BCUT2D eigenvalue weighted by molar-refractivity contribution is -0.158. The Morgan fingerprint density at radius 1 is 1.20 bits per heavy atom. The fourth-order valence-electron chi connectivity index (χ4n) is 2.04. The van der Waals surface area contributed by atoms with Gasteiger partial charge in [-0.25, -0.2) is 17.6 Å². The number of nitrogens with zero attached hydrogens (tertiary/aromatic N) is 3. The van der Waals surface area contributed by atoms with Crippen molar-refractivity contribution < 1.29 is 26.3 Å². The molecule has 1 heterocycles. The summed E-state index contributed by atoms with van der Waals surface area (Å²) < 4.78 is 69.8. The molecule has 0 N–H and O–H groups in total. The van der Waals surface area contributed by atoms with Gasteiger partial charge >= 0.3 is 11.8 Å². The van der Waals surface area contributed by atoms with Crippen molar-refractivity contribution in [2.45, 2.75) is 17.9 Å². The maximum Gasteiger partial charge on any atom is 0.394 e. The van der Waals surface area contributed by atoms with Crippen LogP contribution in [0.5, 0.6) is 5.75 Å². The van der Waals surface area contributed by atoms with Crippen molar-refractivity contribution in [3.63, 3.8) is 0 Å². The molecule has 0 unspecified atom stereocenters. The van der Waals surface area contributed by atoms with Gasteiger partial charge < -0.3 is 4.74 Å². The smallest absolute Gasteiger partial charge is 0.394 e. The number of halogens is 3. The van der Waals surface area contributed by atoms with E-state index in [0.717, 1.165) is 28.8 Å². The summed E-state index contributed by atoms with van der Waals surface area (Å²) in [5.74, 6) is -1.28. The van der Waals surface area contributed by atoms with Crippen LogP contribution in [0.25, 0.3) is 0 Å². The van der Waals surface area contributed by atoms with E-state index in [9.17, 15) is 26.4 Å². The van der Waals surface area contributed by atoms with Crippen LogP contribution >= 0.6 is 0 Å². The van der Waals surface area contributed by atoms with Gasteiger partial charge in [0, 0.05) is 21.0 Å². The van der Waals surface area contributed by atoms with Crippen molar-refractivity contribution >= 4 is 10.0 Å². The summed E-state index contributed by atoms with van der Waals surface area (Å²) >= 11 is 0. The normalized spacial score (nSPS) is 13.1. The molecule has 7 nitrogen and oxygen atoms in total. The molecule has 11 heteroatoms. The van der Waals surface area contributed by atoms with E-state index in [1.807, 2.05) is 0 Å². The van der Waals surface area contributed by atoms with E-state index in [0.29, 0.717) is 13.1 Å². The SMILES string of the molecule is CN=c1c(F)cn(S(=O)(=O)c2ccc(OC(C)(F)F)cc2)c(=O)n1C. The third-order valence-corrected chi connectivity index (χ3v) is 4.77. The summed E-state index contributed by atoms with van der Waals surface area (Å²) in [6.07, 6.45) is -2.93. The monoisotopic (exact) mass is 377 g/mol. The first-order chi connectivity index (χ1) is 11.5. The zero-order chi connectivity index (χ0) is 19.0. The predicted octanol–water partition coefficient (Wildman–Crippen LogP) is 1.08. The Kier molecular flexibility index (Phi) is 4.80. The van der Waals surface area contributed by atoms with E-state index in [2.05, 4.69) is 9.73 Å². The van der Waals surface area contributed by atoms with Crippen molar-refractivity contribution in [2.75, 3.05) is 7.05 Å². The van der Waals surface area contributed by atoms with Crippen LogP contribution in [-0.4, -0.2) is 30.1 Å². The van der Waals surface area contributed by atoms with Gasteiger partial charge in [0.25, 0.3) is 10.0 Å². The van der Waals surface area contributed by atoms with Gasteiger partial charge in [0.1, 0.15) is 5.75 Å². The van der Waals surface area contributed by atoms with Crippen LogP contribution in [0.15, 0.2) is 45.1 Å². The lowest BCUT2D eigenvalue weighted by Gasteiger charge is -2.14. The fraction of sp³-hybridized carbons (Fsp3) is 0.286. The molecule has 0 fully saturated rings. The summed E-state index contributed by atoms with van der Waals surface area (Å²) in [5, 5.41) is 0. The van der Waals surface area contributed by atoms with Crippen LogP contribution < -0.4 is 15.9 Å². The number of hydrogen-bond donors (Lipinski definition) is 0. The molecular weight excluding hydrogens is 363 g/mol. The molecule has 0 saturated carbocycles. The molecule has 1 aromatic carbocycles. The topological polar surface area (TPSA) is 82.7 Å². The third-order valence-electron chi connectivity index (χ3n) is 3.13. The molecule has 0 saturated heterocycles. The van der Waals surface area contributed by atoms with Crippen LogP contribution in [0.2, 0.25) is 0 Å². The third kappa shape index (κ3) is 3.76. The molecule has 25 heavy (non-hydrogen) atoms. The van der Waals surface area contributed by atoms with Crippen LogP contribution in [-0.2, 0) is 17.1 Å². The molecule has 0 atom stereocenters. The van der Waals surface area contributed by atoms with Gasteiger partial charge in [-0.3, -0.25) is 9.56 Å². The zero-order valence-corrected chi connectivity index (χ0v) is 14.2. The minimum Gasteiger partial charge on any atom is -0.433 e. The van der Waals surface area contributed by atoms with E-state index in [1.54, 1.807) is 0 Å². The molecule has 1 aromatic heterocycles. The minimum atomic E-state index is -4.44. The summed E-state index contributed by atoms with van der Waals surface area (Å²) in [6, 6.07) is 3.95. The van der Waals surface area contributed by atoms with E-state index in [1.165, 1.54) is 14.1 Å². The minimum absolute atomic E-state index is 0.210. The van der Waals surface area contributed by atoms with Crippen LogP contribution in [0.4, 0.5) is 13.2 Å². The number of alkyl halides is 2. The van der Waals surface area contributed by atoms with Crippen molar-refractivity contribution in [2.24, 2.45) is 12.0 Å². The highest BCUT2D eigenvalue weighted by atomic mass is 32.2. The second-order valence-electron chi connectivity index (χ2n) is 5.05. The van der Waals surface area contributed by atoms with Crippen molar-refractivity contribution in [1.29, 1.82) is 0 Å². The highest BCUT2D eigenvalue weighted by Crippen LogP contribution is 2.23. The lowest BCUT2D eigenvalue weighted by atomic mass is 10.3. The summed E-state index contributed by atoms with van der Waals surface area (Å²) in [6.45, 7) is 0.528. The molecule has 2 rings (SSSR count). The quantitative estimate of drug-likeness (QED) is 0.799. The molecule has 0 aliphatic carbocycles. The van der Waals surface area contributed by atoms with Gasteiger partial charge in [0.15, 0.2) is 11.3 Å². The van der Waals surface area contributed by atoms with Gasteiger partial charge in [-0.15, -0.1) is 0 Å². The molecule has 0 amide bonds. The van der Waals surface area contributed by atoms with Gasteiger partial charge in [0.05, 0.1) is 11.1 Å². The first kappa shape index (κ1) is 18.8. The number of hydrogen-bond acceptors (Lipinski definition) is 5. The number of aromatic nitrogens is 2. The maximum absolute atomic E-state index is 13.9. The average molecular weight is 377 g/mol. The van der Waals surface area contributed by atoms with Crippen LogP contribution in [0.3, 0.4) is 0 Å². The van der Waals surface area contributed by atoms with Gasteiger partial charge in [0.2, 0.25) is 0 Å². The number of ether oxygens (including phenoxy) is 1. The average Bonchev–Trinajstić information content (AvgIpc) is 2.50. The summed E-state index contributed by atoms with van der Waals surface area (Å²) in [5.41, 5.74) is -1.35. The fourth-order valence-corrected chi connectivity index (χ4v) is 3.31. The van der Waals surface area contributed by atoms with Crippen molar-refractivity contribution in [3.05, 3.63) is 52.3 Å². The second-order valence-corrected chi connectivity index (χ2v) is 6.86. The summed E-state index contributed by atoms with van der Waals surface area (Å²) in [7, 11) is -2.03. The van der Waals surface area contributed by atoms with Gasteiger partial charge in [-0.2, -0.15) is 12.8 Å².